The number of aromatic nitrogens is 3. The van der Waals surface area contributed by atoms with Gasteiger partial charge >= 0.3 is 0 Å². The topological polar surface area (TPSA) is 68.1 Å². The molecule has 144 valence electrons. The molecule has 3 aromatic rings. The summed E-state index contributed by atoms with van der Waals surface area (Å²) in [4.78, 5) is 0.340. The molecule has 0 amide bonds. The first-order valence-corrected chi connectivity index (χ1v) is 11.1. The summed E-state index contributed by atoms with van der Waals surface area (Å²) in [6, 6.07) is 17.1. The van der Waals surface area contributed by atoms with Gasteiger partial charge in [-0.15, -0.1) is 5.10 Å². The van der Waals surface area contributed by atoms with Crippen molar-refractivity contribution in [1.29, 1.82) is 0 Å². The Morgan fingerprint density at radius 1 is 0.929 bits per heavy atom. The molecule has 1 aromatic heterocycles. The van der Waals surface area contributed by atoms with E-state index < -0.39 is 10.0 Å². The minimum absolute atomic E-state index is 0.0482. The average Bonchev–Trinajstić information content (AvgIpc) is 3.25. The molecule has 7 heteroatoms. The third kappa shape index (κ3) is 3.25. The van der Waals surface area contributed by atoms with E-state index in [4.69, 9.17) is 0 Å². The number of hydrogen-bond donors (Lipinski definition) is 0. The quantitative estimate of drug-likeness (QED) is 0.665. The molecular weight excluding hydrogens is 372 g/mol. The first-order valence-electron chi connectivity index (χ1n) is 9.68. The van der Waals surface area contributed by atoms with E-state index in [0.29, 0.717) is 23.9 Å². The lowest BCUT2D eigenvalue weighted by Gasteiger charge is -2.17. The number of nitrogens with zero attached hydrogens (tertiary/aromatic N) is 4. The number of rotatable bonds is 5. The Hall–Kier alpha value is -2.51. The monoisotopic (exact) mass is 394 g/mol. The molecule has 6 nitrogen and oxygen atoms in total. The molecule has 1 saturated carbocycles. The molecule has 1 atom stereocenters. The highest BCUT2D eigenvalue weighted by molar-refractivity contribution is 7.89. The van der Waals surface area contributed by atoms with Crippen LogP contribution in [0.5, 0.6) is 0 Å². The molecule has 0 spiro atoms. The second-order valence-corrected chi connectivity index (χ2v) is 9.54. The Kier molecular flexibility index (Phi) is 4.29. The van der Waals surface area contributed by atoms with E-state index in [2.05, 4.69) is 10.3 Å². The number of sulfonamides is 1. The van der Waals surface area contributed by atoms with Crippen LogP contribution in [-0.2, 0) is 10.0 Å². The second kappa shape index (κ2) is 6.83. The van der Waals surface area contributed by atoms with Crippen molar-refractivity contribution in [2.75, 3.05) is 13.1 Å². The van der Waals surface area contributed by atoms with E-state index in [1.54, 1.807) is 16.4 Å². The Morgan fingerprint density at radius 2 is 1.71 bits per heavy atom. The SMILES string of the molecule is O=S(=O)(c1cccc(-c2ccccc2)c1)N1CCC(n2cc(C3CC3)nn2)C1. The van der Waals surface area contributed by atoms with Crippen LogP contribution >= 0.6 is 0 Å². The first kappa shape index (κ1) is 17.6. The Morgan fingerprint density at radius 3 is 2.50 bits per heavy atom. The van der Waals surface area contributed by atoms with Gasteiger partial charge in [0, 0.05) is 25.2 Å². The van der Waals surface area contributed by atoms with E-state index in [1.165, 1.54) is 12.8 Å². The van der Waals surface area contributed by atoms with E-state index in [9.17, 15) is 8.42 Å². The summed E-state index contributed by atoms with van der Waals surface area (Å²) >= 11 is 0. The highest BCUT2D eigenvalue weighted by atomic mass is 32.2. The second-order valence-electron chi connectivity index (χ2n) is 7.60. The van der Waals surface area contributed by atoms with Gasteiger partial charge in [0.25, 0.3) is 0 Å². The standard InChI is InChI=1S/C21H22N4O2S/c26-28(27,20-8-4-7-18(13-20)16-5-2-1-3-6-16)24-12-11-19(14-24)25-15-21(22-23-25)17-9-10-17/h1-8,13,15,17,19H,9-12,14H2. The van der Waals surface area contributed by atoms with Crippen molar-refractivity contribution in [3.05, 3.63) is 66.5 Å². The van der Waals surface area contributed by atoms with E-state index in [1.807, 2.05) is 53.3 Å². The third-order valence-corrected chi connectivity index (χ3v) is 7.46. The van der Waals surface area contributed by atoms with Crippen LogP contribution in [0.25, 0.3) is 11.1 Å². The normalized spacial score (nSPS) is 20.5. The lowest BCUT2D eigenvalue weighted by molar-refractivity contribution is 0.428. The van der Waals surface area contributed by atoms with Gasteiger partial charge in [0.05, 0.1) is 16.6 Å². The van der Waals surface area contributed by atoms with Crippen molar-refractivity contribution in [2.45, 2.75) is 36.1 Å². The van der Waals surface area contributed by atoms with Gasteiger partial charge in [-0.1, -0.05) is 47.7 Å². The molecule has 0 bridgehead atoms. The van der Waals surface area contributed by atoms with Gasteiger partial charge in [-0.25, -0.2) is 13.1 Å². The van der Waals surface area contributed by atoms with Crippen molar-refractivity contribution < 1.29 is 8.42 Å². The van der Waals surface area contributed by atoms with E-state index in [-0.39, 0.29) is 6.04 Å². The lowest BCUT2D eigenvalue weighted by Crippen LogP contribution is -2.29. The average molecular weight is 395 g/mol. The summed E-state index contributed by atoms with van der Waals surface area (Å²) in [5, 5.41) is 8.51. The molecular formula is C21H22N4O2S. The summed E-state index contributed by atoms with van der Waals surface area (Å²) in [5.74, 6) is 0.552. The van der Waals surface area contributed by atoms with Gasteiger partial charge in [-0.3, -0.25) is 0 Å². The van der Waals surface area contributed by atoms with Crippen LogP contribution in [0.1, 0.15) is 36.9 Å². The smallest absolute Gasteiger partial charge is 0.243 e. The number of benzene rings is 2. The minimum Gasteiger partial charge on any atom is -0.248 e. The zero-order valence-corrected chi connectivity index (χ0v) is 16.3. The summed E-state index contributed by atoms with van der Waals surface area (Å²) in [5.41, 5.74) is 2.95. The molecule has 1 aliphatic heterocycles. The van der Waals surface area contributed by atoms with Gasteiger partial charge in [-0.2, -0.15) is 4.31 Å². The highest BCUT2D eigenvalue weighted by Crippen LogP contribution is 2.39. The van der Waals surface area contributed by atoms with Crippen LogP contribution in [0.4, 0.5) is 0 Å². The molecule has 2 fully saturated rings. The van der Waals surface area contributed by atoms with E-state index >= 15 is 0 Å². The fraction of sp³-hybridized carbons (Fsp3) is 0.333. The molecule has 1 unspecified atom stereocenters. The largest absolute Gasteiger partial charge is 0.248 e. The zero-order valence-electron chi connectivity index (χ0n) is 15.5. The Bertz CT molecular complexity index is 1090. The van der Waals surface area contributed by atoms with Gasteiger partial charge < -0.3 is 0 Å². The predicted molar refractivity (Wildman–Crippen MR) is 106 cm³/mol. The molecule has 0 N–H and O–H groups in total. The Balaban J connectivity index is 1.37. The first-order chi connectivity index (χ1) is 13.6. The molecule has 2 heterocycles. The van der Waals surface area contributed by atoms with Crippen molar-refractivity contribution in [1.82, 2.24) is 19.3 Å². The molecule has 2 aliphatic rings. The van der Waals surface area contributed by atoms with Crippen molar-refractivity contribution in [3.8, 4) is 11.1 Å². The van der Waals surface area contributed by atoms with Gasteiger partial charge in [0.15, 0.2) is 0 Å². The maximum atomic E-state index is 13.2. The molecule has 28 heavy (non-hydrogen) atoms. The van der Waals surface area contributed by atoms with Crippen molar-refractivity contribution >= 4 is 10.0 Å². The van der Waals surface area contributed by atoms with Crippen LogP contribution in [0.2, 0.25) is 0 Å². The molecule has 1 aliphatic carbocycles. The summed E-state index contributed by atoms with van der Waals surface area (Å²) in [7, 11) is -3.54. The fourth-order valence-corrected chi connectivity index (χ4v) is 5.33. The van der Waals surface area contributed by atoms with Crippen LogP contribution in [0.15, 0.2) is 65.7 Å². The van der Waals surface area contributed by atoms with Crippen LogP contribution < -0.4 is 0 Å². The number of hydrogen-bond acceptors (Lipinski definition) is 4. The molecule has 2 aromatic carbocycles. The summed E-state index contributed by atoms with van der Waals surface area (Å²) < 4.78 is 29.8. The molecule has 1 saturated heterocycles. The Labute approximate surface area is 164 Å². The van der Waals surface area contributed by atoms with Crippen LogP contribution in [-0.4, -0.2) is 40.8 Å². The van der Waals surface area contributed by atoms with Gasteiger partial charge in [-0.05, 0) is 42.5 Å². The molecule has 5 rings (SSSR count). The van der Waals surface area contributed by atoms with Crippen molar-refractivity contribution in [2.24, 2.45) is 0 Å². The highest BCUT2D eigenvalue weighted by Gasteiger charge is 2.35. The maximum Gasteiger partial charge on any atom is 0.243 e. The zero-order chi connectivity index (χ0) is 19.1. The van der Waals surface area contributed by atoms with E-state index in [0.717, 1.165) is 23.2 Å². The summed E-state index contributed by atoms with van der Waals surface area (Å²) in [6.07, 6.45) is 5.11. The minimum atomic E-state index is -3.54. The van der Waals surface area contributed by atoms with Gasteiger partial charge in [0.2, 0.25) is 10.0 Å². The third-order valence-electron chi connectivity index (χ3n) is 5.60. The fourth-order valence-electron chi connectivity index (χ4n) is 3.80. The predicted octanol–water partition coefficient (Wildman–Crippen LogP) is 3.46. The lowest BCUT2D eigenvalue weighted by atomic mass is 10.1. The van der Waals surface area contributed by atoms with Gasteiger partial charge in [0.1, 0.15) is 0 Å². The summed E-state index contributed by atoms with van der Waals surface area (Å²) in [6.45, 7) is 0.937. The van der Waals surface area contributed by atoms with Crippen molar-refractivity contribution in [3.63, 3.8) is 0 Å². The molecule has 0 radical (unpaired) electrons. The van der Waals surface area contributed by atoms with Crippen LogP contribution in [0.3, 0.4) is 0 Å². The maximum absolute atomic E-state index is 13.2. The van der Waals surface area contributed by atoms with Crippen LogP contribution in [0, 0.1) is 0 Å².